The van der Waals surface area contributed by atoms with E-state index >= 15 is 0 Å². The van der Waals surface area contributed by atoms with Crippen molar-refractivity contribution in [2.75, 3.05) is 19.0 Å². The highest BCUT2D eigenvalue weighted by molar-refractivity contribution is 5.84. The fraction of sp³-hybridized carbons (Fsp3) is 0.611. The number of anilines is 1. The summed E-state index contributed by atoms with van der Waals surface area (Å²) in [5.74, 6) is 2.31. The number of aliphatic hydroxyl groups is 1. The van der Waals surface area contributed by atoms with Crippen LogP contribution in [0.4, 0.5) is 10.6 Å². The largest absolute Gasteiger partial charge is 0.449 e. The van der Waals surface area contributed by atoms with Crippen molar-refractivity contribution in [3.8, 4) is 12.3 Å². The average Bonchev–Trinajstić information content (AvgIpc) is 2.93. The zero-order chi connectivity index (χ0) is 20.2. The lowest BCUT2D eigenvalue weighted by Gasteiger charge is -2.22. The van der Waals surface area contributed by atoms with Crippen LogP contribution in [0.2, 0.25) is 0 Å². The highest BCUT2D eigenvalue weighted by Crippen LogP contribution is 2.27. The summed E-state index contributed by atoms with van der Waals surface area (Å²) in [6.07, 6.45) is 5.06. The molecule has 0 aliphatic carbocycles. The number of ether oxygens (including phenoxy) is 3. The van der Waals surface area contributed by atoms with Gasteiger partial charge in [-0.3, -0.25) is 9.88 Å². The van der Waals surface area contributed by atoms with Crippen LogP contribution in [0.25, 0.3) is 0 Å². The number of carbonyl (C=O) groups is 1. The Kier molecular flexibility index (Phi) is 6.59. The monoisotopic (exact) mass is 379 g/mol. The zero-order valence-electron chi connectivity index (χ0n) is 15.9. The van der Waals surface area contributed by atoms with E-state index in [0.29, 0.717) is 6.42 Å². The van der Waals surface area contributed by atoms with Gasteiger partial charge in [-0.25, -0.2) is 9.59 Å². The minimum absolute atomic E-state index is 0.0682. The molecule has 2 N–H and O–H groups in total. The molecule has 0 radical (unpaired) electrons. The molecule has 148 valence electrons. The predicted molar refractivity (Wildman–Crippen MR) is 97.3 cm³/mol. The zero-order valence-corrected chi connectivity index (χ0v) is 15.9. The van der Waals surface area contributed by atoms with Crippen LogP contribution < -0.4 is 11.0 Å². The summed E-state index contributed by atoms with van der Waals surface area (Å²) < 4.78 is 17.1. The highest BCUT2D eigenvalue weighted by Gasteiger charge is 2.32. The van der Waals surface area contributed by atoms with Crippen molar-refractivity contribution < 1.29 is 24.1 Å². The Bertz CT molecular complexity index is 772. The molecule has 27 heavy (non-hydrogen) atoms. The Morgan fingerprint density at radius 3 is 2.85 bits per heavy atom. The minimum atomic E-state index is -0.774. The van der Waals surface area contributed by atoms with Crippen molar-refractivity contribution >= 4 is 11.9 Å². The standard InChI is InChI=1S/C18H25N3O6/c1-6-12-10-21(14-9-13(22)11(2)27-14)16(23)19-15(12)20-17(24)26-8-7-18(3,4)25-5/h1,10-11,13-14,22H,7-9H2,2-5H3,(H,19,20,23,24). The first-order valence-electron chi connectivity index (χ1n) is 8.59. The molecule has 0 bridgehead atoms. The molecule has 1 aliphatic rings. The van der Waals surface area contributed by atoms with E-state index in [1.807, 2.05) is 13.8 Å². The molecule has 3 unspecified atom stereocenters. The van der Waals surface area contributed by atoms with Gasteiger partial charge in [-0.1, -0.05) is 5.92 Å². The Balaban J connectivity index is 2.08. The van der Waals surface area contributed by atoms with E-state index in [1.54, 1.807) is 14.0 Å². The maximum absolute atomic E-state index is 12.3. The number of nitrogens with zero attached hydrogens (tertiary/aromatic N) is 2. The van der Waals surface area contributed by atoms with Crippen molar-refractivity contribution in [3.63, 3.8) is 0 Å². The Labute approximate surface area is 157 Å². The van der Waals surface area contributed by atoms with E-state index in [2.05, 4.69) is 16.2 Å². The molecule has 1 aliphatic heterocycles. The normalized spacial score (nSPS) is 22.3. The number of nitrogens with one attached hydrogen (secondary N) is 1. The molecule has 1 aromatic rings. The van der Waals surface area contributed by atoms with Crippen molar-refractivity contribution in [2.45, 2.75) is 57.6 Å². The number of amides is 1. The van der Waals surface area contributed by atoms with Crippen LogP contribution in [0.1, 0.15) is 45.4 Å². The van der Waals surface area contributed by atoms with Gasteiger partial charge in [0, 0.05) is 26.1 Å². The van der Waals surface area contributed by atoms with Gasteiger partial charge in [0.15, 0.2) is 5.82 Å². The molecule has 1 amide bonds. The number of aromatic nitrogens is 2. The molecule has 0 aromatic carbocycles. The number of methoxy groups -OCH3 is 1. The van der Waals surface area contributed by atoms with Gasteiger partial charge < -0.3 is 19.3 Å². The first-order valence-corrected chi connectivity index (χ1v) is 8.59. The lowest BCUT2D eigenvalue weighted by atomic mass is 10.1. The molecule has 2 rings (SSSR count). The lowest BCUT2D eigenvalue weighted by molar-refractivity contribution is -0.0100. The topological polar surface area (TPSA) is 112 Å². The van der Waals surface area contributed by atoms with Crippen molar-refractivity contribution in [3.05, 3.63) is 22.2 Å². The van der Waals surface area contributed by atoms with E-state index in [4.69, 9.17) is 20.6 Å². The summed E-state index contributed by atoms with van der Waals surface area (Å²) in [6.45, 7) is 5.58. The summed E-state index contributed by atoms with van der Waals surface area (Å²) in [5.41, 5.74) is -0.885. The van der Waals surface area contributed by atoms with Gasteiger partial charge in [-0.2, -0.15) is 4.98 Å². The Morgan fingerprint density at radius 1 is 1.59 bits per heavy atom. The van der Waals surface area contributed by atoms with Crippen LogP contribution in [-0.2, 0) is 14.2 Å². The molecule has 2 heterocycles. The fourth-order valence-electron chi connectivity index (χ4n) is 2.47. The Hall–Kier alpha value is -2.41. The number of hydrogen-bond acceptors (Lipinski definition) is 7. The van der Waals surface area contributed by atoms with Crippen molar-refractivity contribution in [1.82, 2.24) is 9.55 Å². The average molecular weight is 379 g/mol. The maximum atomic E-state index is 12.3. The molecular formula is C18H25N3O6. The highest BCUT2D eigenvalue weighted by atomic mass is 16.6. The first kappa shape index (κ1) is 20.9. The van der Waals surface area contributed by atoms with Crippen LogP contribution >= 0.6 is 0 Å². The summed E-state index contributed by atoms with van der Waals surface area (Å²) >= 11 is 0. The SMILES string of the molecule is C#Cc1cn(C2CC(O)C(C)O2)c(=O)nc1NC(=O)OCCC(C)(C)OC. The fourth-order valence-corrected chi connectivity index (χ4v) is 2.47. The van der Waals surface area contributed by atoms with E-state index in [-0.39, 0.29) is 24.4 Å². The molecule has 3 atom stereocenters. The second-order valence-corrected chi connectivity index (χ2v) is 6.91. The van der Waals surface area contributed by atoms with E-state index in [1.165, 1.54) is 10.8 Å². The second-order valence-electron chi connectivity index (χ2n) is 6.91. The predicted octanol–water partition coefficient (Wildman–Crippen LogP) is 1.26. The molecule has 9 heteroatoms. The maximum Gasteiger partial charge on any atom is 0.412 e. The van der Waals surface area contributed by atoms with E-state index in [9.17, 15) is 14.7 Å². The summed E-state index contributed by atoms with van der Waals surface area (Å²) in [7, 11) is 1.58. The van der Waals surface area contributed by atoms with Gasteiger partial charge in [0.1, 0.15) is 6.23 Å². The summed E-state index contributed by atoms with van der Waals surface area (Å²) in [5, 5.41) is 12.2. The Morgan fingerprint density at radius 2 is 2.30 bits per heavy atom. The van der Waals surface area contributed by atoms with Crippen LogP contribution in [0.15, 0.2) is 11.0 Å². The molecule has 1 saturated heterocycles. The number of aliphatic hydroxyl groups excluding tert-OH is 1. The molecular weight excluding hydrogens is 354 g/mol. The first-order chi connectivity index (χ1) is 12.7. The van der Waals surface area contributed by atoms with Crippen LogP contribution in [0.5, 0.6) is 0 Å². The van der Waals surface area contributed by atoms with Gasteiger partial charge in [0.25, 0.3) is 0 Å². The smallest absolute Gasteiger partial charge is 0.412 e. The van der Waals surface area contributed by atoms with Crippen molar-refractivity contribution in [2.24, 2.45) is 0 Å². The van der Waals surface area contributed by atoms with Crippen LogP contribution in [0, 0.1) is 12.3 Å². The van der Waals surface area contributed by atoms with Gasteiger partial charge in [-0.15, -0.1) is 6.42 Å². The van der Waals surface area contributed by atoms with Crippen LogP contribution in [-0.4, -0.2) is 52.3 Å². The third-order valence-corrected chi connectivity index (χ3v) is 4.48. The summed E-state index contributed by atoms with van der Waals surface area (Å²) in [4.78, 5) is 28.0. The quantitative estimate of drug-likeness (QED) is 0.716. The van der Waals surface area contributed by atoms with Crippen molar-refractivity contribution in [1.29, 1.82) is 0 Å². The number of carbonyl (C=O) groups excluding carboxylic acids is 1. The van der Waals surface area contributed by atoms with Gasteiger partial charge in [0.05, 0.1) is 30.0 Å². The second kappa shape index (κ2) is 8.52. The van der Waals surface area contributed by atoms with Gasteiger partial charge in [-0.05, 0) is 20.8 Å². The molecule has 0 spiro atoms. The van der Waals surface area contributed by atoms with E-state index in [0.717, 1.165) is 0 Å². The van der Waals surface area contributed by atoms with Gasteiger partial charge in [0.2, 0.25) is 0 Å². The third kappa shape index (κ3) is 5.29. The molecule has 0 saturated carbocycles. The van der Waals surface area contributed by atoms with Crippen LogP contribution in [0.3, 0.4) is 0 Å². The number of terminal acetylenes is 1. The molecule has 1 fully saturated rings. The molecule has 9 nitrogen and oxygen atoms in total. The van der Waals surface area contributed by atoms with E-state index < -0.39 is 35.8 Å². The third-order valence-electron chi connectivity index (χ3n) is 4.48. The summed E-state index contributed by atoms with van der Waals surface area (Å²) in [6, 6.07) is 0. The minimum Gasteiger partial charge on any atom is -0.449 e. The number of hydrogen-bond donors (Lipinski definition) is 2. The number of rotatable bonds is 6. The van der Waals surface area contributed by atoms with Gasteiger partial charge >= 0.3 is 11.8 Å². The lowest BCUT2D eigenvalue weighted by Crippen LogP contribution is -2.30. The molecule has 1 aromatic heterocycles.